The van der Waals surface area contributed by atoms with Gasteiger partial charge in [0.25, 0.3) is 0 Å². The molecular weight excluding hydrogens is 296 g/mol. The summed E-state index contributed by atoms with van der Waals surface area (Å²) in [6.45, 7) is 4.80. The summed E-state index contributed by atoms with van der Waals surface area (Å²) < 4.78 is 32.4. The Balaban J connectivity index is 2.38. The van der Waals surface area contributed by atoms with E-state index in [4.69, 9.17) is 4.74 Å². The number of carbonyl (C=O) groups excluding carboxylic acids is 1. The van der Waals surface area contributed by atoms with Crippen LogP contribution in [0, 0.1) is 13.8 Å². The molecule has 0 aromatic carbocycles. The van der Waals surface area contributed by atoms with Gasteiger partial charge in [-0.2, -0.15) is 0 Å². The van der Waals surface area contributed by atoms with Crippen molar-refractivity contribution in [3.63, 3.8) is 0 Å². The molecular formula is C13H20N2O5S. The van der Waals surface area contributed by atoms with Gasteiger partial charge in [-0.05, 0) is 33.6 Å². The van der Waals surface area contributed by atoms with Crippen LogP contribution in [0.3, 0.4) is 0 Å². The van der Waals surface area contributed by atoms with Gasteiger partial charge in [0.15, 0.2) is 0 Å². The molecule has 8 heteroatoms. The van der Waals surface area contributed by atoms with Gasteiger partial charge in [-0.3, -0.25) is 0 Å². The van der Waals surface area contributed by atoms with Crippen LogP contribution in [0.25, 0.3) is 0 Å². The van der Waals surface area contributed by atoms with E-state index in [1.165, 1.54) is 0 Å². The second kappa shape index (κ2) is 5.43. The summed E-state index contributed by atoms with van der Waals surface area (Å²) in [6, 6.07) is 0. The maximum Gasteiger partial charge on any atom is 0.355 e. The number of nitrogens with one attached hydrogen (secondary N) is 2. The number of esters is 1. The first-order chi connectivity index (χ1) is 9.76. The topological polar surface area (TPSA) is 108 Å². The normalized spacial score (nSPS) is 16.8. The zero-order valence-electron chi connectivity index (χ0n) is 12.3. The van der Waals surface area contributed by atoms with E-state index in [1.807, 2.05) is 0 Å². The molecule has 0 radical (unpaired) electrons. The maximum atomic E-state index is 12.5. The molecule has 1 fully saturated rings. The zero-order chi connectivity index (χ0) is 15.8. The van der Waals surface area contributed by atoms with Crippen LogP contribution >= 0.6 is 0 Å². The first kappa shape index (κ1) is 16.0. The minimum Gasteiger partial charge on any atom is -0.461 e. The summed E-state index contributed by atoms with van der Waals surface area (Å²) in [6.07, 6.45) is 1.21. The van der Waals surface area contributed by atoms with Crippen molar-refractivity contribution in [1.29, 1.82) is 0 Å². The lowest BCUT2D eigenvalue weighted by Crippen LogP contribution is -2.39. The Labute approximate surface area is 123 Å². The van der Waals surface area contributed by atoms with Crippen LogP contribution in [-0.2, 0) is 14.8 Å². The van der Waals surface area contributed by atoms with Crippen molar-refractivity contribution in [2.75, 3.05) is 13.2 Å². The molecule has 1 heterocycles. The Morgan fingerprint density at radius 3 is 2.52 bits per heavy atom. The third kappa shape index (κ3) is 2.97. The smallest absolute Gasteiger partial charge is 0.355 e. The van der Waals surface area contributed by atoms with Crippen LogP contribution in [0.4, 0.5) is 0 Å². The molecule has 21 heavy (non-hydrogen) atoms. The molecule has 1 aromatic heterocycles. The van der Waals surface area contributed by atoms with Gasteiger partial charge in [-0.25, -0.2) is 17.9 Å². The van der Waals surface area contributed by atoms with Crippen LogP contribution in [0.1, 0.15) is 41.5 Å². The highest BCUT2D eigenvalue weighted by Gasteiger charge is 2.46. The summed E-state index contributed by atoms with van der Waals surface area (Å²) in [5, 5.41) is 9.26. The number of ether oxygens (including phenoxy) is 1. The molecule has 0 aliphatic heterocycles. The van der Waals surface area contributed by atoms with Gasteiger partial charge in [0, 0.05) is 11.3 Å². The molecule has 0 amide bonds. The zero-order valence-corrected chi connectivity index (χ0v) is 13.1. The quantitative estimate of drug-likeness (QED) is 0.666. The van der Waals surface area contributed by atoms with E-state index in [-0.39, 0.29) is 23.8 Å². The molecule has 0 spiro atoms. The first-order valence-corrected chi connectivity index (χ1v) is 8.26. The third-order valence-electron chi connectivity index (χ3n) is 3.62. The molecule has 118 valence electrons. The molecule has 1 aliphatic rings. The van der Waals surface area contributed by atoms with Gasteiger partial charge in [-0.15, -0.1) is 0 Å². The number of aromatic amines is 1. The number of hydrogen-bond donors (Lipinski definition) is 3. The lowest BCUT2D eigenvalue weighted by atomic mass is 10.2. The van der Waals surface area contributed by atoms with Crippen molar-refractivity contribution in [2.24, 2.45) is 0 Å². The fraction of sp³-hybridized carbons (Fsp3) is 0.615. The summed E-state index contributed by atoms with van der Waals surface area (Å²) in [5.74, 6) is -0.581. The molecule has 0 atom stereocenters. The van der Waals surface area contributed by atoms with Gasteiger partial charge >= 0.3 is 5.97 Å². The van der Waals surface area contributed by atoms with Crippen molar-refractivity contribution >= 4 is 16.0 Å². The first-order valence-electron chi connectivity index (χ1n) is 6.77. The van der Waals surface area contributed by atoms with Crippen molar-refractivity contribution in [3.8, 4) is 0 Å². The van der Waals surface area contributed by atoms with Crippen molar-refractivity contribution < 1.29 is 23.1 Å². The van der Waals surface area contributed by atoms with Crippen LogP contribution in [0.5, 0.6) is 0 Å². The highest BCUT2D eigenvalue weighted by Crippen LogP contribution is 2.37. The minimum atomic E-state index is -3.81. The fourth-order valence-corrected chi connectivity index (χ4v) is 4.22. The summed E-state index contributed by atoms with van der Waals surface area (Å²) >= 11 is 0. The minimum absolute atomic E-state index is 0.0466. The average molecular weight is 316 g/mol. The Bertz CT molecular complexity index is 658. The number of rotatable bonds is 6. The number of H-pyrrole nitrogens is 1. The van der Waals surface area contributed by atoms with Crippen LogP contribution in [0.15, 0.2) is 4.90 Å². The average Bonchev–Trinajstić information content (AvgIpc) is 3.07. The Morgan fingerprint density at radius 2 is 2.05 bits per heavy atom. The van der Waals surface area contributed by atoms with Gasteiger partial charge in [0.1, 0.15) is 10.6 Å². The fourth-order valence-electron chi connectivity index (χ4n) is 2.32. The van der Waals surface area contributed by atoms with Gasteiger partial charge in [-0.1, -0.05) is 0 Å². The molecule has 1 aromatic rings. The maximum absolute atomic E-state index is 12.5. The van der Waals surface area contributed by atoms with Crippen LogP contribution < -0.4 is 4.72 Å². The van der Waals surface area contributed by atoms with E-state index in [1.54, 1.807) is 20.8 Å². The van der Waals surface area contributed by atoms with Crippen LogP contribution in [0.2, 0.25) is 0 Å². The molecule has 2 rings (SSSR count). The van der Waals surface area contributed by atoms with Crippen LogP contribution in [-0.4, -0.2) is 43.2 Å². The second-order valence-electron chi connectivity index (χ2n) is 5.34. The predicted octanol–water partition coefficient (Wildman–Crippen LogP) is 0.611. The number of aryl methyl sites for hydroxylation is 1. The highest BCUT2D eigenvalue weighted by atomic mass is 32.2. The molecule has 0 bridgehead atoms. The SMILES string of the molecule is CCOC(=O)c1[nH]c(C)c(S(=O)(=O)NC2(CO)CC2)c1C. The van der Waals surface area contributed by atoms with Gasteiger partial charge in [0.2, 0.25) is 10.0 Å². The standard InChI is InChI=1S/C13H20N2O5S/c1-4-20-12(17)10-8(2)11(9(3)14-10)21(18,19)15-13(7-16)5-6-13/h14-16H,4-7H2,1-3H3. The molecule has 7 nitrogen and oxygen atoms in total. The largest absolute Gasteiger partial charge is 0.461 e. The van der Waals surface area contributed by atoms with E-state index in [2.05, 4.69) is 9.71 Å². The molecule has 1 aliphatic carbocycles. The van der Waals surface area contributed by atoms with E-state index in [0.717, 1.165) is 0 Å². The van der Waals surface area contributed by atoms with Crippen molar-refractivity contribution in [3.05, 3.63) is 17.0 Å². The highest BCUT2D eigenvalue weighted by molar-refractivity contribution is 7.89. The monoisotopic (exact) mass is 316 g/mol. The Kier molecular flexibility index (Phi) is 4.14. The molecule has 1 saturated carbocycles. The summed E-state index contributed by atoms with van der Waals surface area (Å²) in [7, 11) is -3.81. The van der Waals surface area contributed by atoms with Crippen molar-refractivity contribution in [2.45, 2.75) is 44.0 Å². The lowest BCUT2D eigenvalue weighted by molar-refractivity contribution is 0.0519. The lowest BCUT2D eigenvalue weighted by Gasteiger charge is -2.15. The molecule has 0 saturated heterocycles. The second-order valence-corrected chi connectivity index (χ2v) is 6.96. The number of aliphatic hydroxyl groups excluding tert-OH is 1. The predicted molar refractivity (Wildman–Crippen MR) is 75.6 cm³/mol. The number of sulfonamides is 1. The van der Waals surface area contributed by atoms with E-state index in [0.29, 0.717) is 24.1 Å². The van der Waals surface area contributed by atoms with Gasteiger partial charge in [0.05, 0.1) is 18.8 Å². The van der Waals surface area contributed by atoms with Gasteiger partial charge < -0.3 is 14.8 Å². The summed E-state index contributed by atoms with van der Waals surface area (Å²) in [5.41, 5.74) is 0.0894. The van der Waals surface area contributed by atoms with E-state index < -0.39 is 21.5 Å². The number of aliphatic hydroxyl groups is 1. The molecule has 0 unspecified atom stereocenters. The number of hydrogen-bond acceptors (Lipinski definition) is 5. The van der Waals surface area contributed by atoms with Crippen molar-refractivity contribution in [1.82, 2.24) is 9.71 Å². The third-order valence-corrected chi connectivity index (χ3v) is 5.48. The number of aromatic nitrogens is 1. The summed E-state index contributed by atoms with van der Waals surface area (Å²) in [4.78, 5) is 14.6. The molecule has 3 N–H and O–H groups in total. The van der Waals surface area contributed by atoms with E-state index in [9.17, 15) is 18.3 Å². The number of carbonyl (C=O) groups is 1. The van der Waals surface area contributed by atoms with E-state index >= 15 is 0 Å². The Hall–Kier alpha value is -1.38. The Morgan fingerprint density at radius 1 is 1.43 bits per heavy atom.